The van der Waals surface area contributed by atoms with Crippen LogP contribution in [0.5, 0.6) is 0 Å². The van der Waals surface area contributed by atoms with Gasteiger partial charge >= 0.3 is 12.4 Å². The van der Waals surface area contributed by atoms with Gasteiger partial charge < -0.3 is 8.98 Å². The van der Waals surface area contributed by atoms with Gasteiger partial charge in [0.25, 0.3) is 0 Å². The number of hydrogen-bond acceptors (Lipinski definition) is 4. The molecule has 0 saturated carbocycles. The first-order valence-electron chi connectivity index (χ1n) is 8.59. The number of fused-ring (bicyclic) bond motifs is 3. The molecule has 0 unspecified atom stereocenters. The van der Waals surface area contributed by atoms with Crippen molar-refractivity contribution in [2.24, 2.45) is 0 Å². The van der Waals surface area contributed by atoms with Gasteiger partial charge in [0.1, 0.15) is 17.8 Å². The highest BCUT2D eigenvalue weighted by Crippen LogP contribution is 2.36. The van der Waals surface area contributed by atoms with Crippen LogP contribution in [0, 0.1) is 11.3 Å². The maximum absolute atomic E-state index is 13.4. The van der Waals surface area contributed by atoms with Crippen molar-refractivity contribution in [1.29, 1.82) is 5.26 Å². The summed E-state index contributed by atoms with van der Waals surface area (Å²) in [4.78, 5) is 15.9. The summed E-state index contributed by atoms with van der Waals surface area (Å²) in [5.74, 6) is -1.83. The second-order valence-electron chi connectivity index (χ2n) is 6.61. The zero-order chi connectivity index (χ0) is 22.6. The quantitative estimate of drug-likeness (QED) is 0.401. The number of imidazole rings is 1. The Kier molecular flexibility index (Phi) is 4.53. The van der Waals surface area contributed by atoms with Crippen molar-refractivity contribution < 1.29 is 30.8 Å². The number of nitrogens with zero attached hydrogens (tertiary/aromatic N) is 3. The molecule has 0 aliphatic carbocycles. The highest BCUT2D eigenvalue weighted by molar-refractivity contribution is 6.01. The molecule has 31 heavy (non-hydrogen) atoms. The van der Waals surface area contributed by atoms with Crippen molar-refractivity contribution in [2.45, 2.75) is 18.9 Å². The number of aromatic nitrogens is 2. The summed E-state index contributed by atoms with van der Waals surface area (Å²) in [6.45, 7) is -1.97. The van der Waals surface area contributed by atoms with Gasteiger partial charge in [-0.1, -0.05) is 0 Å². The molecule has 0 aliphatic rings. The summed E-state index contributed by atoms with van der Waals surface area (Å²) >= 11 is 0. The zero-order valence-corrected chi connectivity index (χ0v) is 15.2. The van der Waals surface area contributed by atoms with Crippen LogP contribution in [0.15, 0.2) is 51.7 Å². The molecule has 0 atom stereocenters. The lowest BCUT2D eigenvalue weighted by atomic mass is 10.1. The predicted octanol–water partition coefficient (Wildman–Crippen LogP) is 5.26. The highest BCUT2D eigenvalue weighted by atomic mass is 19.4. The first-order valence-corrected chi connectivity index (χ1v) is 8.59. The molecule has 0 saturated heterocycles. The van der Waals surface area contributed by atoms with E-state index in [1.54, 1.807) is 0 Å². The topological polar surface area (TPSA) is 71.8 Å². The molecule has 2 aromatic heterocycles. The van der Waals surface area contributed by atoms with E-state index in [2.05, 4.69) is 4.98 Å². The number of alkyl halides is 6. The molecule has 4 rings (SSSR count). The maximum atomic E-state index is 13.4. The van der Waals surface area contributed by atoms with Gasteiger partial charge in [-0.3, -0.25) is 4.79 Å². The Morgan fingerprint density at radius 2 is 1.71 bits per heavy atom. The Bertz CT molecular complexity index is 1410. The highest BCUT2D eigenvalue weighted by Gasteiger charge is 2.41. The number of hydrogen-bond donors (Lipinski definition) is 0. The van der Waals surface area contributed by atoms with Crippen molar-refractivity contribution in [3.63, 3.8) is 0 Å². The van der Waals surface area contributed by atoms with Crippen molar-refractivity contribution in [3.8, 4) is 17.4 Å². The van der Waals surface area contributed by atoms with Crippen LogP contribution in [0.1, 0.15) is 11.4 Å². The Morgan fingerprint density at radius 3 is 2.29 bits per heavy atom. The van der Waals surface area contributed by atoms with Crippen LogP contribution in [-0.4, -0.2) is 15.7 Å². The minimum absolute atomic E-state index is 0.0385. The molecule has 2 aromatic carbocycles. The molecular formula is C20H9F6N3O2. The maximum Gasteiger partial charge on any atom is 0.449 e. The summed E-state index contributed by atoms with van der Waals surface area (Å²) in [6, 6.07) is 10.9. The average Bonchev–Trinajstić information content (AvgIpc) is 3.05. The van der Waals surface area contributed by atoms with E-state index in [0.717, 1.165) is 18.2 Å². The van der Waals surface area contributed by atoms with Crippen LogP contribution in [-0.2, 0) is 12.7 Å². The van der Waals surface area contributed by atoms with E-state index in [1.807, 2.05) is 6.07 Å². The van der Waals surface area contributed by atoms with Gasteiger partial charge in [0.05, 0.1) is 22.5 Å². The van der Waals surface area contributed by atoms with Gasteiger partial charge in [-0.05, 0) is 36.4 Å². The molecule has 0 bridgehead atoms. The van der Waals surface area contributed by atoms with E-state index in [1.165, 1.54) is 24.3 Å². The van der Waals surface area contributed by atoms with Crippen molar-refractivity contribution in [1.82, 2.24) is 9.55 Å². The van der Waals surface area contributed by atoms with Crippen LogP contribution < -0.4 is 5.43 Å². The SMILES string of the molecule is N#Cc1ccc(-c2cc(=O)c3ccc4nc(C(F)(F)F)n(CC(F)(F)F)c4c3o2)cc1. The monoisotopic (exact) mass is 437 g/mol. The number of halogens is 6. The Hall–Kier alpha value is -3.81. The second kappa shape index (κ2) is 6.87. The molecule has 0 N–H and O–H groups in total. The van der Waals surface area contributed by atoms with Gasteiger partial charge in [0.2, 0.25) is 5.82 Å². The fourth-order valence-corrected chi connectivity index (χ4v) is 3.23. The minimum Gasteiger partial charge on any atom is -0.454 e. The van der Waals surface area contributed by atoms with Gasteiger partial charge in [0.15, 0.2) is 11.0 Å². The molecule has 4 aromatic rings. The predicted molar refractivity (Wildman–Crippen MR) is 97.0 cm³/mol. The third kappa shape index (κ3) is 3.72. The lowest BCUT2D eigenvalue weighted by Crippen LogP contribution is -2.23. The third-order valence-electron chi connectivity index (χ3n) is 4.49. The van der Waals surface area contributed by atoms with Gasteiger partial charge in [-0.15, -0.1) is 0 Å². The molecule has 11 heteroatoms. The molecule has 0 radical (unpaired) electrons. The van der Waals surface area contributed by atoms with Crippen LogP contribution in [0.25, 0.3) is 33.3 Å². The van der Waals surface area contributed by atoms with E-state index in [-0.39, 0.29) is 15.7 Å². The van der Waals surface area contributed by atoms with Gasteiger partial charge in [-0.25, -0.2) is 4.98 Å². The zero-order valence-electron chi connectivity index (χ0n) is 15.2. The molecule has 0 fully saturated rings. The van der Waals surface area contributed by atoms with Gasteiger partial charge in [-0.2, -0.15) is 31.6 Å². The van der Waals surface area contributed by atoms with Crippen LogP contribution in [0.2, 0.25) is 0 Å². The lowest BCUT2D eigenvalue weighted by Gasteiger charge is -2.14. The molecule has 0 amide bonds. The Balaban J connectivity index is 2.07. The van der Waals surface area contributed by atoms with Crippen LogP contribution in [0.4, 0.5) is 26.3 Å². The molecular weight excluding hydrogens is 428 g/mol. The third-order valence-corrected chi connectivity index (χ3v) is 4.49. The summed E-state index contributed by atoms with van der Waals surface area (Å²) in [6.07, 6.45) is -10.2. The average molecular weight is 437 g/mol. The van der Waals surface area contributed by atoms with E-state index < -0.39 is 46.8 Å². The molecule has 158 valence electrons. The van der Waals surface area contributed by atoms with Crippen molar-refractivity contribution >= 4 is 22.0 Å². The van der Waals surface area contributed by atoms with E-state index in [0.29, 0.717) is 11.1 Å². The fraction of sp³-hybridized carbons (Fsp3) is 0.150. The van der Waals surface area contributed by atoms with Crippen LogP contribution >= 0.6 is 0 Å². The first kappa shape index (κ1) is 20.5. The van der Waals surface area contributed by atoms with E-state index >= 15 is 0 Å². The first-order chi connectivity index (χ1) is 14.5. The number of benzene rings is 2. The fourth-order valence-electron chi connectivity index (χ4n) is 3.23. The van der Waals surface area contributed by atoms with E-state index in [4.69, 9.17) is 9.68 Å². The smallest absolute Gasteiger partial charge is 0.449 e. The second-order valence-corrected chi connectivity index (χ2v) is 6.61. The van der Waals surface area contributed by atoms with Crippen molar-refractivity contribution in [2.75, 3.05) is 0 Å². The summed E-state index contributed by atoms with van der Waals surface area (Å²) in [5.41, 5.74) is -1.47. The Morgan fingerprint density at radius 1 is 1.03 bits per heavy atom. The Labute approximate surface area is 168 Å². The minimum atomic E-state index is -5.17. The van der Waals surface area contributed by atoms with Crippen molar-refractivity contribution in [3.05, 3.63) is 64.1 Å². The molecule has 0 spiro atoms. The summed E-state index contributed by atoms with van der Waals surface area (Å²) in [5, 5.41) is 8.68. The number of rotatable bonds is 2. The largest absolute Gasteiger partial charge is 0.454 e. The number of nitriles is 1. The standard InChI is InChI=1S/C20H9F6N3O2/c21-19(22,23)9-29-16-13(28-18(29)20(24,25)26)6-5-12-14(30)7-15(31-17(12)16)11-3-1-10(8-27)2-4-11/h1-7H,9H2. The molecule has 0 aliphatic heterocycles. The molecule has 2 heterocycles. The molecule has 5 nitrogen and oxygen atoms in total. The van der Waals surface area contributed by atoms with Gasteiger partial charge in [0, 0.05) is 11.6 Å². The lowest BCUT2D eigenvalue weighted by molar-refractivity contribution is -0.160. The summed E-state index contributed by atoms with van der Waals surface area (Å²) < 4.78 is 85.0. The van der Waals surface area contributed by atoms with E-state index in [9.17, 15) is 31.1 Å². The normalized spacial score (nSPS) is 12.4. The van der Waals surface area contributed by atoms with Crippen LogP contribution in [0.3, 0.4) is 0 Å². The summed E-state index contributed by atoms with van der Waals surface area (Å²) in [7, 11) is 0.